The Kier molecular flexibility index (Phi) is 8.91. The molecule has 230 valence electrons. The van der Waals surface area contributed by atoms with E-state index in [0.29, 0.717) is 36.8 Å². The first-order valence-corrected chi connectivity index (χ1v) is 15.5. The third-order valence-corrected chi connectivity index (χ3v) is 8.78. The van der Waals surface area contributed by atoms with E-state index in [0.717, 1.165) is 35.1 Å². The number of carbonyl (C=O) groups is 2. The van der Waals surface area contributed by atoms with Crippen molar-refractivity contribution in [3.8, 4) is 11.5 Å². The molecular formula is C35H37ClFN3O4. The van der Waals surface area contributed by atoms with E-state index in [-0.39, 0.29) is 48.9 Å². The normalized spacial score (nSPS) is 19.5. The second-order valence-corrected chi connectivity index (χ2v) is 12.3. The summed E-state index contributed by atoms with van der Waals surface area (Å²) in [7, 11) is 0. The molecule has 2 fully saturated rings. The smallest absolute Gasteiger partial charge is 0.252 e. The van der Waals surface area contributed by atoms with Crippen molar-refractivity contribution < 1.29 is 23.5 Å². The number of benzene rings is 3. The van der Waals surface area contributed by atoms with Crippen molar-refractivity contribution >= 4 is 29.0 Å². The minimum atomic E-state index is -0.417. The van der Waals surface area contributed by atoms with Crippen LogP contribution >= 0.6 is 11.6 Å². The van der Waals surface area contributed by atoms with Crippen LogP contribution in [0.4, 0.5) is 4.39 Å². The van der Waals surface area contributed by atoms with Gasteiger partial charge in [-0.2, -0.15) is 0 Å². The number of hydrogen-bond acceptors (Lipinski definition) is 5. The van der Waals surface area contributed by atoms with Crippen LogP contribution in [0.25, 0.3) is 5.57 Å². The Labute approximate surface area is 262 Å². The van der Waals surface area contributed by atoms with E-state index in [9.17, 15) is 14.0 Å². The Morgan fingerprint density at radius 3 is 2.52 bits per heavy atom. The first-order valence-electron chi connectivity index (χ1n) is 15.2. The number of nitrogens with zero attached hydrogens (tertiary/aromatic N) is 2. The molecule has 1 N–H and O–H groups in total. The van der Waals surface area contributed by atoms with Gasteiger partial charge in [-0.3, -0.25) is 9.59 Å². The van der Waals surface area contributed by atoms with Gasteiger partial charge in [-0.05, 0) is 67.2 Å². The largest absolute Gasteiger partial charge is 0.490 e. The molecule has 9 heteroatoms. The van der Waals surface area contributed by atoms with Gasteiger partial charge in [-0.25, -0.2) is 4.39 Å². The minimum Gasteiger partial charge on any atom is -0.490 e. The standard InChI is InChI=1S/C35H37ClFN3O4/c1-22-4-3-5-24(16-22)19-40(28-9-10-28)35(42)34-30(18-27-20-39(23(2)41)21-32(34)38-27)25-6-11-29(12-7-25)43-14-15-44-33-17-26(37)8-13-31(33)36/h3-8,11-13,16-17,27-28,32,38H,9-10,14-15,18-21H2,1-2H3. The van der Waals surface area contributed by atoms with Gasteiger partial charge in [0.15, 0.2) is 0 Å². The van der Waals surface area contributed by atoms with Gasteiger partial charge in [0, 0.05) is 50.3 Å². The summed E-state index contributed by atoms with van der Waals surface area (Å²) < 4.78 is 25.0. The number of hydrogen-bond donors (Lipinski definition) is 1. The number of fused-ring (bicyclic) bond motifs is 2. The third-order valence-electron chi connectivity index (χ3n) is 8.47. The van der Waals surface area contributed by atoms with Gasteiger partial charge in [0.25, 0.3) is 5.91 Å². The first-order chi connectivity index (χ1) is 21.2. The molecule has 0 radical (unpaired) electrons. The van der Waals surface area contributed by atoms with Crippen LogP contribution in [0.5, 0.6) is 11.5 Å². The predicted molar refractivity (Wildman–Crippen MR) is 168 cm³/mol. The maximum absolute atomic E-state index is 14.5. The molecule has 1 saturated heterocycles. The number of ether oxygens (including phenoxy) is 2. The quantitative estimate of drug-likeness (QED) is 0.292. The molecule has 3 aliphatic rings. The van der Waals surface area contributed by atoms with Crippen LogP contribution in [0.15, 0.2) is 72.3 Å². The molecule has 2 heterocycles. The zero-order valence-corrected chi connectivity index (χ0v) is 25.8. The van der Waals surface area contributed by atoms with E-state index in [1.807, 2.05) is 40.1 Å². The molecule has 1 saturated carbocycles. The van der Waals surface area contributed by atoms with Crippen LogP contribution in [0.3, 0.4) is 0 Å². The maximum Gasteiger partial charge on any atom is 0.252 e. The van der Waals surface area contributed by atoms with Crippen LogP contribution < -0.4 is 14.8 Å². The molecule has 6 rings (SSSR count). The van der Waals surface area contributed by atoms with Crippen LogP contribution in [0, 0.1) is 12.7 Å². The highest BCUT2D eigenvalue weighted by atomic mass is 35.5. The molecule has 0 spiro atoms. The second-order valence-electron chi connectivity index (χ2n) is 11.9. The Balaban J connectivity index is 1.23. The van der Waals surface area contributed by atoms with Gasteiger partial charge in [0.05, 0.1) is 11.1 Å². The molecule has 2 amide bonds. The fourth-order valence-corrected chi connectivity index (χ4v) is 6.36. The van der Waals surface area contributed by atoms with Crippen molar-refractivity contribution in [3.63, 3.8) is 0 Å². The SMILES string of the molecule is CC(=O)N1CC2CC(c3ccc(OCCOc4cc(F)ccc4Cl)cc3)=C(C(=O)N(Cc3cccc(C)c3)C3CC3)C(C1)N2. The van der Waals surface area contributed by atoms with Crippen LogP contribution in [0.1, 0.15) is 42.9 Å². The van der Waals surface area contributed by atoms with E-state index >= 15 is 0 Å². The molecular weight excluding hydrogens is 581 g/mol. The Hall–Kier alpha value is -3.88. The highest BCUT2D eigenvalue weighted by Gasteiger charge is 2.43. The molecule has 44 heavy (non-hydrogen) atoms. The molecule has 2 aliphatic heterocycles. The minimum absolute atomic E-state index is 0.0284. The topological polar surface area (TPSA) is 71.1 Å². The number of nitrogens with one attached hydrogen (secondary N) is 1. The van der Waals surface area contributed by atoms with E-state index in [2.05, 4.69) is 30.4 Å². The molecule has 3 aromatic carbocycles. The Morgan fingerprint density at radius 1 is 1.02 bits per heavy atom. The van der Waals surface area contributed by atoms with Crippen molar-refractivity contribution in [1.29, 1.82) is 0 Å². The number of carbonyl (C=O) groups excluding carboxylic acids is 2. The molecule has 3 aromatic rings. The average Bonchev–Trinajstić information content (AvgIpc) is 3.85. The predicted octanol–water partition coefficient (Wildman–Crippen LogP) is 5.78. The maximum atomic E-state index is 14.5. The van der Waals surface area contributed by atoms with Crippen LogP contribution in [0.2, 0.25) is 5.02 Å². The number of amides is 2. The number of piperazine rings is 1. The van der Waals surface area contributed by atoms with Crippen LogP contribution in [-0.2, 0) is 16.1 Å². The fraction of sp³-hybridized carbons (Fsp3) is 0.371. The highest BCUT2D eigenvalue weighted by molar-refractivity contribution is 6.32. The first kappa shape index (κ1) is 30.2. The van der Waals surface area contributed by atoms with E-state index in [1.165, 1.54) is 23.8 Å². The summed E-state index contributed by atoms with van der Waals surface area (Å²) in [5.74, 6) is 0.586. The summed E-state index contributed by atoms with van der Waals surface area (Å²) in [6, 6.07) is 20.1. The van der Waals surface area contributed by atoms with Crippen molar-refractivity contribution in [2.45, 2.75) is 57.8 Å². The summed E-state index contributed by atoms with van der Waals surface area (Å²) in [6.07, 6.45) is 2.65. The fourth-order valence-electron chi connectivity index (χ4n) is 6.19. The van der Waals surface area contributed by atoms with E-state index in [1.54, 1.807) is 6.92 Å². The van der Waals surface area contributed by atoms with Gasteiger partial charge in [0.2, 0.25) is 5.91 Å². The average molecular weight is 618 g/mol. The molecule has 2 bridgehead atoms. The zero-order chi connectivity index (χ0) is 30.8. The Bertz CT molecular complexity index is 1570. The molecule has 2 atom stereocenters. The van der Waals surface area contributed by atoms with Gasteiger partial charge < -0.3 is 24.6 Å². The second kappa shape index (κ2) is 13.0. The summed E-state index contributed by atoms with van der Waals surface area (Å²) >= 11 is 6.08. The third kappa shape index (κ3) is 6.92. The van der Waals surface area contributed by atoms with Crippen molar-refractivity contribution in [1.82, 2.24) is 15.1 Å². The van der Waals surface area contributed by atoms with Crippen molar-refractivity contribution in [3.05, 3.63) is 99.8 Å². The van der Waals surface area contributed by atoms with Gasteiger partial charge in [0.1, 0.15) is 30.5 Å². The lowest BCUT2D eigenvalue weighted by Gasteiger charge is -2.44. The highest BCUT2D eigenvalue weighted by Crippen LogP contribution is 2.38. The summed E-state index contributed by atoms with van der Waals surface area (Å²) in [4.78, 5) is 30.8. The van der Waals surface area contributed by atoms with Gasteiger partial charge in [-0.15, -0.1) is 0 Å². The lowest BCUT2D eigenvalue weighted by atomic mass is 9.82. The van der Waals surface area contributed by atoms with Crippen molar-refractivity contribution in [2.24, 2.45) is 0 Å². The number of rotatable bonds is 10. The lowest BCUT2D eigenvalue weighted by Crippen LogP contribution is -2.61. The molecule has 2 unspecified atom stereocenters. The summed E-state index contributed by atoms with van der Waals surface area (Å²) in [5.41, 5.74) is 5.04. The van der Waals surface area contributed by atoms with E-state index in [4.69, 9.17) is 21.1 Å². The summed E-state index contributed by atoms with van der Waals surface area (Å²) in [6.45, 7) is 5.76. The molecule has 1 aliphatic carbocycles. The molecule has 7 nitrogen and oxygen atoms in total. The van der Waals surface area contributed by atoms with Gasteiger partial charge in [-0.1, -0.05) is 53.6 Å². The summed E-state index contributed by atoms with van der Waals surface area (Å²) in [5, 5.41) is 3.99. The Morgan fingerprint density at radius 2 is 1.80 bits per heavy atom. The van der Waals surface area contributed by atoms with Crippen molar-refractivity contribution in [2.75, 3.05) is 26.3 Å². The number of aryl methyl sites for hydroxylation is 1. The van der Waals surface area contributed by atoms with Crippen LogP contribution in [-0.4, -0.2) is 66.0 Å². The lowest BCUT2D eigenvalue weighted by molar-refractivity contribution is -0.132. The molecule has 0 aromatic heterocycles. The number of halogens is 2. The van der Waals surface area contributed by atoms with Gasteiger partial charge >= 0.3 is 0 Å². The zero-order valence-electron chi connectivity index (χ0n) is 25.0. The monoisotopic (exact) mass is 617 g/mol. The van der Waals surface area contributed by atoms with E-state index < -0.39 is 5.82 Å².